The first kappa shape index (κ1) is 8.15. The average Bonchev–Trinajstić information content (AvgIpc) is 2.07. The van der Waals surface area contributed by atoms with Gasteiger partial charge in [-0.3, -0.25) is 0 Å². The monoisotopic (exact) mass is 210 g/mol. The molecule has 0 spiro atoms. The van der Waals surface area contributed by atoms with Crippen molar-refractivity contribution < 1.29 is 4.79 Å². The Morgan fingerprint density at radius 2 is 2.00 bits per heavy atom. The first-order chi connectivity index (χ1) is 5.34. The summed E-state index contributed by atoms with van der Waals surface area (Å²) < 4.78 is 9.33. The number of nitrogens with one attached hydrogen (secondary N) is 2. The maximum absolute atomic E-state index is 11.0. The second-order valence-corrected chi connectivity index (χ2v) is 2.86. The van der Waals surface area contributed by atoms with Gasteiger partial charge in [0.05, 0.1) is 0 Å². The van der Waals surface area contributed by atoms with Crippen LogP contribution < -0.4 is 4.23 Å². The van der Waals surface area contributed by atoms with E-state index in [0.29, 0.717) is 5.56 Å². The molecule has 4 heteroatoms. The molecule has 0 unspecified atom stereocenters. The van der Waals surface area contributed by atoms with Crippen molar-refractivity contribution in [1.29, 1.82) is 4.28 Å². The molecule has 1 aromatic carbocycles. The fraction of sp³-hybridized carbons (Fsp3) is 0. The van der Waals surface area contributed by atoms with Gasteiger partial charge < -0.3 is 0 Å². The Bertz CT molecular complexity index is 260. The molecule has 0 saturated carbocycles. The van der Waals surface area contributed by atoms with Crippen LogP contribution in [0.3, 0.4) is 0 Å². The van der Waals surface area contributed by atoms with Crippen molar-refractivity contribution in [3.05, 3.63) is 35.9 Å². The molecule has 0 radical (unpaired) electrons. The summed E-state index contributed by atoms with van der Waals surface area (Å²) >= 11 is -0.785. The number of hydrogen-bond acceptors (Lipinski definition) is 2. The number of benzene rings is 1. The zero-order chi connectivity index (χ0) is 8.10. The van der Waals surface area contributed by atoms with E-state index in [2.05, 4.69) is 4.23 Å². The summed E-state index contributed by atoms with van der Waals surface area (Å²) in [7, 11) is 0. The zero-order valence-electron chi connectivity index (χ0n) is 5.74. The SMILES string of the molecule is N=[As]NC(=O)c1ccccc1. The molecule has 2 N–H and O–H groups in total. The zero-order valence-corrected chi connectivity index (χ0v) is 7.62. The van der Waals surface area contributed by atoms with Crippen LogP contribution in [-0.4, -0.2) is 21.7 Å². The summed E-state index contributed by atoms with van der Waals surface area (Å²) in [6, 6.07) is 8.91. The van der Waals surface area contributed by atoms with Gasteiger partial charge in [0.1, 0.15) is 0 Å². The average molecular weight is 210 g/mol. The number of carbonyl (C=O) groups is 1. The Morgan fingerprint density at radius 3 is 2.55 bits per heavy atom. The van der Waals surface area contributed by atoms with Crippen molar-refractivity contribution in [1.82, 2.24) is 4.23 Å². The van der Waals surface area contributed by atoms with Crippen molar-refractivity contribution in [2.75, 3.05) is 0 Å². The molecule has 0 saturated heterocycles. The molecule has 1 rings (SSSR count). The molecule has 1 amide bonds. The van der Waals surface area contributed by atoms with E-state index in [1.807, 2.05) is 6.07 Å². The molecular formula is C7H7AsN2O. The molecule has 0 atom stereocenters. The van der Waals surface area contributed by atoms with Crippen LogP contribution in [0, 0.1) is 4.28 Å². The van der Waals surface area contributed by atoms with Gasteiger partial charge in [-0.2, -0.15) is 0 Å². The van der Waals surface area contributed by atoms with Crippen LogP contribution in [0.4, 0.5) is 0 Å². The van der Waals surface area contributed by atoms with Gasteiger partial charge in [0, 0.05) is 0 Å². The van der Waals surface area contributed by atoms with Gasteiger partial charge >= 0.3 is 70.9 Å². The Morgan fingerprint density at radius 1 is 1.36 bits per heavy atom. The molecule has 56 valence electrons. The summed E-state index contributed by atoms with van der Waals surface area (Å²) in [5.41, 5.74) is 0.620. The van der Waals surface area contributed by atoms with Crippen LogP contribution in [0.1, 0.15) is 10.4 Å². The summed E-state index contributed by atoms with van der Waals surface area (Å²) in [6.07, 6.45) is 0. The van der Waals surface area contributed by atoms with E-state index in [0.717, 1.165) is 0 Å². The fourth-order valence-electron chi connectivity index (χ4n) is 0.705. The molecule has 0 aliphatic carbocycles. The van der Waals surface area contributed by atoms with E-state index >= 15 is 0 Å². The summed E-state index contributed by atoms with van der Waals surface area (Å²) in [5, 5.41) is 0. The third kappa shape index (κ3) is 2.28. The normalized spacial score (nSPS) is 9.45. The van der Waals surface area contributed by atoms with Gasteiger partial charge in [-0.25, -0.2) is 0 Å². The standard InChI is InChI=1S/C7H7AsN2O/c9-8-10-7(11)6-4-2-1-3-5-6/h1-5H,(H2,9,10,11). The van der Waals surface area contributed by atoms with Crippen LogP contribution >= 0.6 is 0 Å². The first-order valence-corrected chi connectivity index (χ1v) is 4.94. The molecule has 0 aliphatic heterocycles. The van der Waals surface area contributed by atoms with E-state index in [-0.39, 0.29) is 5.91 Å². The topological polar surface area (TPSA) is 53.0 Å². The van der Waals surface area contributed by atoms with Crippen LogP contribution in [0.25, 0.3) is 0 Å². The van der Waals surface area contributed by atoms with E-state index in [1.54, 1.807) is 24.3 Å². The number of hydrogen-bond donors (Lipinski definition) is 2. The van der Waals surface area contributed by atoms with E-state index in [1.165, 1.54) is 0 Å². The molecule has 0 aliphatic rings. The minimum absolute atomic E-state index is 0.152. The van der Waals surface area contributed by atoms with Crippen molar-refractivity contribution >= 4 is 21.7 Å². The van der Waals surface area contributed by atoms with Gasteiger partial charge in [-0.15, -0.1) is 0 Å². The predicted molar refractivity (Wildman–Crippen MR) is 42.4 cm³/mol. The third-order valence-electron chi connectivity index (χ3n) is 1.19. The first-order valence-electron chi connectivity index (χ1n) is 3.06. The second-order valence-electron chi connectivity index (χ2n) is 1.92. The summed E-state index contributed by atoms with van der Waals surface area (Å²) in [4.78, 5) is 11.0. The van der Waals surface area contributed by atoms with Gasteiger partial charge in [-0.1, -0.05) is 0 Å². The summed E-state index contributed by atoms with van der Waals surface area (Å²) in [5.74, 6) is -0.152. The molecule has 0 heterocycles. The summed E-state index contributed by atoms with van der Waals surface area (Å²) in [6.45, 7) is 0. The van der Waals surface area contributed by atoms with Crippen molar-refractivity contribution in [2.45, 2.75) is 0 Å². The molecule has 0 bridgehead atoms. The number of rotatable bonds is 2. The van der Waals surface area contributed by atoms with Gasteiger partial charge in [0.15, 0.2) is 0 Å². The minimum atomic E-state index is -0.785. The van der Waals surface area contributed by atoms with Gasteiger partial charge in [0.25, 0.3) is 0 Å². The van der Waals surface area contributed by atoms with Crippen LogP contribution in [0.2, 0.25) is 0 Å². The molecule has 0 aromatic heterocycles. The van der Waals surface area contributed by atoms with E-state index < -0.39 is 15.8 Å². The Hall–Kier alpha value is -0.952. The Labute approximate surface area is 71.3 Å². The maximum atomic E-state index is 11.0. The third-order valence-corrected chi connectivity index (χ3v) is 1.85. The van der Waals surface area contributed by atoms with Crippen molar-refractivity contribution in [3.63, 3.8) is 0 Å². The van der Waals surface area contributed by atoms with Crippen molar-refractivity contribution in [3.8, 4) is 0 Å². The van der Waals surface area contributed by atoms with E-state index in [9.17, 15) is 4.79 Å². The van der Waals surface area contributed by atoms with Crippen LogP contribution in [0.15, 0.2) is 30.3 Å². The number of amides is 1. The quantitative estimate of drug-likeness (QED) is 0.697. The van der Waals surface area contributed by atoms with Gasteiger partial charge in [-0.05, 0) is 0 Å². The molecule has 3 nitrogen and oxygen atoms in total. The van der Waals surface area contributed by atoms with Crippen molar-refractivity contribution in [2.24, 2.45) is 0 Å². The fourth-order valence-corrected chi connectivity index (χ4v) is 1.19. The molecule has 1 aromatic rings. The second kappa shape index (κ2) is 4.04. The van der Waals surface area contributed by atoms with Crippen LogP contribution in [-0.2, 0) is 0 Å². The molecule has 11 heavy (non-hydrogen) atoms. The van der Waals surface area contributed by atoms with Gasteiger partial charge in [0.2, 0.25) is 0 Å². The Balaban J connectivity index is 2.77. The predicted octanol–water partition coefficient (Wildman–Crippen LogP) is 0.798. The van der Waals surface area contributed by atoms with E-state index in [4.69, 9.17) is 4.28 Å². The van der Waals surface area contributed by atoms with Crippen LogP contribution in [0.5, 0.6) is 0 Å². The molecule has 0 fully saturated rings. The molecular weight excluding hydrogens is 203 g/mol. The number of carbonyl (C=O) groups excluding carboxylic acids is 1. The Kier molecular flexibility index (Phi) is 2.99.